The third kappa shape index (κ3) is 2.88. The van der Waals surface area contributed by atoms with Crippen LogP contribution in [0.1, 0.15) is 29.6 Å². The van der Waals surface area contributed by atoms with Gasteiger partial charge in [0.25, 0.3) is 5.91 Å². The van der Waals surface area contributed by atoms with Crippen molar-refractivity contribution in [1.82, 2.24) is 10.2 Å². The van der Waals surface area contributed by atoms with Crippen LogP contribution in [0.4, 0.5) is 11.4 Å². The van der Waals surface area contributed by atoms with E-state index in [1.54, 1.807) is 4.90 Å². The molecule has 0 radical (unpaired) electrons. The van der Waals surface area contributed by atoms with E-state index >= 15 is 0 Å². The molecule has 0 saturated carbocycles. The van der Waals surface area contributed by atoms with Gasteiger partial charge in [0.15, 0.2) is 0 Å². The van der Waals surface area contributed by atoms with Crippen molar-refractivity contribution in [3.05, 3.63) is 35.9 Å². The maximum Gasteiger partial charge on any atom is 0.259 e. The number of nitrogens with one attached hydrogen (secondary N) is 1. The van der Waals surface area contributed by atoms with Gasteiger partial charge in [0.2, 0.25) is 11.8 Å². The average molecular weight is 392 g/mol. The highest BCUT2D eigenvalue weighted by molar-refractivity contribution is 6.28. The van der Waals surface area contributed by atoms with E-state index in [1.807, 2.05) is 24.3 Å². The van der Waals surface area contributed by atoms with Crippen molar-refractivity contribution in [2.75, 3.05) is 43.0 Å². The number of amides is 3. The Kier molecular flexibility index (Phi) is 4.28. The molecule has 29 heavy (non-hydrogen) atoms. The zero-order valence-electron chi connectivity index (χ0n) is 16.5. The van der Waals surface area contributed by atoms with Gasteiger partial charge >= 0.3 is 0 Å². The highest BCUT2D eigenvalue weighted by atomic mass is 16.2. The topological polar surface area (TPSA) is 73.0 Å². The van der Waals surface area contributed by atoms with E-state index in [9.17, 15) is 14.4 Å². The van der Waals surface area contributed by atoms with Crippen molar-refractivity contribution in [2.45, 2.75) is 25.3 Å². The summed E-state index contributed by atoms with van der Waals surface area (Å²) in [5, 5.41) is 4.34. The van der Waals surface area contributed by atoms with E-state index in [0.717, 1.165) is 54.7 Å². The Balaban J connectivity index is 1.58. The van der Waals surface area contributed by atoms with E-state index in [2.05, 4.69) is 28.2 Å². The largest absolute Gasteiger partial charge is 0.370 e. The predicted octanol–water partition coefficient (Wildman–Crippen LogP) is 1.75. The maximum absolute atomic E-state index is 13.2. The van der Waals surface area contributed by atoms with Crippen LogP contribution in [-0.2, 0) is 9.59 Å². The van der Waals surface area contributed by atoms with Crippen molar-refractivity contribution in [2.24, 2.45) is 0 Å². The van der Waals surface area contributed by atoms with Crippen LogP contribution in [0.25, 0.3) is 10.8 Å². The second kappa shape index (κ2) is 6.84. The molecule has 3 amide bonds. The highest BCUT2D eigenvalue weighted by Crippen LogP contribution is 2.43. The Morgan fingerprint density at radius 3 is 2.66 bits per heavy atom. The van der Waals surface area contributed by atoms with Crippen molar-refractivity contribution in [1.29, 1.82) is 0 Å². The minimum absolute atomic E-state index is 0.159. The second-order valence-corrected chi connectivity index (χ2v) is 8.12. The smallest absolute Gasteiger partial charge is 0.259 e. The van der Waals surface area contributed by atoms with Crippen molar-refractivity contribution in [3.8, 4) is 0 Å². The Labute approximate surface area is 169 Å². The molecule has 1 atom stereocenters. The molecule has 7 heteroatoms. The van der Waals surface area contributed by atoms with Crippen LogP contribution in [-0.4, -0.2) is 61.9 Å². The summed E-state index contributed by atoms with van der Waals surface area (Å²) in [5.74, 6) is -0.829. The molecule has 3 aliphatic rings. The summed E-state index contributed by atoms with van der Waals surface area (Å²) in [6.45, 7) is 4.01. The number of hydrogen-bond donors (Lipinski definition) is 1. The Morgan fingerprint density at radius 2 is 1.83 bits per heavy atom. The third-order valence-electron chi connectivity index (χ3n) is 6.29. The number of likely N-dealkylation sites (N-methyl/N-ethyl adjacent to an activating group) is 1. The van der Waals surface area contributed by atoms with Gasteiger partial charge < -0.3 is 9.80 Å². The molecule has 7 nitrogen and oxygen atoms in total. The Bertz CT molecular complexity index is 1030. The first kappa shape index (κ1) is 18.1. The van der Waals surface area contributed by atoms with Crippen LogP contribution >= 0.6 is 0 Å². The van der Waals surface area contributed by atoms with E-state index in [1.165, 1.54) is 0 Å². The molecule has 2 aromatic rings. The number of nitrogens with zero attached hydrogens (tertiary/aromatic N) is 3. The lowest BCUT2D eigenvalue weighted by Crippen LogP contribution is -2.53. The van der Waals surface area contributed by atoms with E-state index in [0.29, 0.717) is 12.0 Å². The second-order valence-electron chi connectivity index (χ2n) is 8.12. The molecule has 1 N–H and O–H groups in total. The minimum Gasteiger partial charge on any atom is -0.370 e. The number of rotatable bonds is 2. The summed E-state index contributed by atoms with van der Waals surface area (Å²) in [5.41, 5.74) is 2.54. The number of benzene rings is 2. The van der Waals surface area contributed by atoms with Crippen LogP contribution in [0.2, 0.25) is 0 Å². The van der Waals surface area contributed by atoms with Gasteiger partial charge in [0.05, 0.1) is 11.3 Å². The van der Waals surface area contributed by atoms with Crippen molar-refractivity contribution >= 4 is 39.9 Å². The summed E-state index contributed by atoms with van der Waals surface area (Å²) in [6.07, 6.45) is 1.70. The molecule has 2 fully saturated rings. The van der Waals surface area contributed by atoms with Gasteiger partial charge in [-0.15, -0.1) is 0 Å². The molecule has 3 heterocycles. The van der Waals surface area contributed by atoms with E-state index < -0.39 is 11.9 Å². The fourth-order valence-electron chi connectivity index (χ4n) is 4.79. The summed E-state index contributed by atoms with van der Waals surface area (Å²) in [7, 11) is 2.15. The molecule has 2 saturated heterocycles. The van der Waals surface area contributed by atoms with Crippen LogP contribution in [0.15, 0.2) is 30.3 Å². The van der Waals surface area contributed by atoms with Crippen LogP contribution < -0.4 is 15.1 Å². The number of carbonyl (C=O) groups is 3. The minimum atomic E-state index is -0.645. The van der Waals surface area contributed by atoms with Crippen LogP contribution in [0.5, 0.6) is 0 Å². The van der Waals surface area contributed by atoms with E-state index in [-0.39, 0.29) is 18.2 Å². The lowest BCUT2D eigenvalue weighted by atomic mass is 10.0. The van der Waals surface area contributed by atoms with Gasteiger partial charge in [0.1, 0.15) is 6.04 Å². The van der Waals surface area contributed by atoms with Crippen molar-refractivity contribution in [3.63, 3.8) is 0 Å². The molecule has 0 aromatic heterocycles. The van der Waals surface area contributed by atoms with Crippen molar-refractivity contribution < 1.29 is 14.4 Å². The molecule has 0 spiro atoms. The summed E-state index contributed by atoms with van der Waals surface area (Å²) in [6, 6.07) is 9.21. The molecule has 1 unspecified atom stereocenters. The summed E-state index contributed by atoms with van der Waals surface area (Å²) >= 11 is 0. The summed E-state index contributed by atoms with van der Waals surface area (Å²) < 4.78 is 0. The SMILES string of the molecule is CN1CCCN(c2ccc3c4c(cccc24)N(C2CCC(=O)NC2=O)C3=O)CC1. The average Bonchev–Trinajstić information content (AvgIpc) is 2.85. The fourth-order valence-corrected chi connectivity index (χ4v) is 4.79. The molecular formula is C22H24N4O3. The Morgan fingerprint density at radius 1 is 0.966 bits per heavy atom. The van der Waals surface area contributed by atoms with Crippen LogP contribution in [0, 0.1) is 0 Å². The molecule has 0 bridgehead atoms. The highest BCUT2D eigenvalue weighted by Gasteiger charge is 2.41. The predicted molar refractivity (Wildman–Crippen MR) is 111 cm³/mol. The van der Waals surface area contributed by atoms with Gasteiger partial charge in [-0.2, -0.15) is 0 Å². The molecule has 3 aliphatic heterocycles. The quantitative estimate of drug-likeness (QED) is 0.789. The summed E-state index contributed by atoms with van der Waals surface area (Å²) in [4.78, 5) is 43.6. The Hall–Kier alpha value is -2.93. The molecule has 0 aliphatic carbocycles. The molecule has 5 rings (SSSR count). The lowest BCUT2D eigenvalue weighted by Gasteiger charge is -2.30. The van der Waals surface area contributed by atoms with Gasteiger partial charge in [-0.3, -0.25) is 24.6 Å². The zero-order valence-corrected chi connectivity index (χ0v) is 16.5. The fraction of sp³-hybridized carbons (Fsp3) is 0.409. The van der Waals surface area contributed by atoms with Crippen LogP contribution in [0.3, 0.4) is 0 Å². The monoisotopic (exact) mass is 392 g/mol. The lowest BCUT2D eigenvalue weighted by molar-refractivity contribution is -0.134. The molecular weight excluding hydrogens is 368 g/mol. The van der Waals surface area contributed by atoms with Gasteiger partial charge in [-0.05, 0) is 44.6 Å². The van der Waals surface area contributed by atoms with Gasteiger partial charge in [0, 0.05) is 42.5 Å². The first-order valence-corrected chi connectivity index (χ1v) is 10.2. The number of piperidine rings is 1. The zero-order chi connectivity index (χ0) is 20.1. The third-order valence-corrected chi connectivity index (χ3v) is 6.29. The molecule has 150 valence electrons. The number of hydrogen-bond acceptors (Lipinski definition) is 5. The standard InChI is InChI=1S/C22H24N4O3/c1-24-10-3-11-25(13-12-24)16-7-6-15-20-14(16)4-2-5-17(20)26(22(15)29)18-8-9-19(27)23-21(18)28/h2,4-7,18H,3,8-13H2,1H3,(H,23,27,28). The van der Waals surface area contributed by atoms with E-state index in [4.69, 9.17) is 0 Å². The van der Waals surface area contributed by atoms with Gasteiger partial charge in [-0.25, -0.2) is 0 Å². The number of imide groups is 1. The normalized spacial score (nSPS) is 22.9. The first-order valence-electron chi connectivity index (χ1n) is 10.2. The number of anilines is 2. The maximum atomic E-state index is 13.2. The first-order chi connectivity index (χ1) is 14.0. The molecule has 2 aromatic carbocycles. The van der Waals surface area contributed by atoms with Gasteiger partial charge in [-0.1, -0.05) is 12.1 Å². The number of carbonyl (C=O) groups excluding carboxylic acids is 3.